The van der Waals surface area contributed by atoms with E-state index in [2.05, 4.69) is 15.6 Å². The lowest BCUT2D eigenvalue weighted by molar-refractivity contribution is 0.0947. The molecule has 4 aromatic rings. The van der Waals surface area contributed by atoms with Gasteiger partial charge in [-0.05, 0) is 48.5 Å². The summed E-state index contributed by atoms with van der Waals surface area (Å²) in [6.45, 7) is 0. The molecule has 1 amide bonds. The van der Waals surface area contributed by atoms with Crippen molar-refractivity contribution in [1.82, 2.24) is 15.0 Å². The maximum absolute atomic E-state index is 12.6. The zero-order chi connectivity index (χ0) is 17.9. The van der Waals surface area contributed by atoms with Crippen LogP contribution in [-0.2, 0) is 0 Å². The summed E-state index contributed by atoms with van der Waals surface area (Å²) in [7, 11) is 0. The third-order valence-corrected chi connectivity index (χ3v) is 3.97. The van der Waals surface area contributed by atoms with E-state index in [1.54, 1.807) is 60.7 Å². The molecule has 0 saturated carbocycles. The number of nitrogens with zero attached hydrogens (tertiary/aromatic N) is 3. The van der Waals surface area contributed by atoms with Crippen LogP contribution >= 0.6 is 0 Å². The van der Waals surface area contributed by atoms with E-state index in [1.807, 2.05) is 18.2 Å². The molecular weight excluding hydrogens is 328 g/mol. The minimum Gasteiger partial charge on any atom is -0.322 e. The van der Waals surface area contributed by atoms with Crippen molar-refractivity contribution < 1.29 is 9.59 Å². The second kappa shape index (κ2) is 6.60. The lowest BCUT2D eigenvalue weighted by atomic mass is 10.1. The lowest BCUT2D eigenvalue weighted by Crippen LogP contribution is -2.14. The van der Waals surface area contributed by atoms with Crippen LogP contribution < -0.4 is 5.32 Å². The molecule has 0 aliphatic carbocycles. The highest BCUT2D eigenvalue weighted by Crippen LogP contribution is 2.15. The molecule has 6 nitrogen and oxygen atoms in total. The molecule has 0 unspecified atom stereocenters. The molecule has 4 rings (SSSR count). The number of aromatic nitrogens is 3. The number of carbonyl (C=O) groups is 2. The van der Waals surface area contributed by atoms with Gasteiger partial charge in [0, 0.05) is 16.8 Å². The Morgan fingerprint density at radius 1 is 0.769 bits per heavy atom. The van der Waals surface area contributed by atoms with Gasteiger partial charge in [0.15, 0.2) is 0 Å². The van der Waals surface area contributed by atoms with Gasteiger partial charge in [-0.2, -0.15) is 4.68 Å². The predicted molar refractivity (Wildman–Crippen MR) is 98.1 cm³/mol. The number of rotatable bonds is 3. The van der Waals surface area contributed by atoms with Crippen molar-refractivity contribution in [3.8, 4) is 0 Å². The van der Waals surface area contributed by atoms with Crippen molar-refractivity contribution in [2.75, 3.05) is 5.32 Å². The Labute approximate surface area is 149 Å². The lowest BCUT2D eigenvalue weighted by Gasteiger charge is -2.06. The zero-order valence-electron chi connectivity index (χ0n) is 13.7. The Balaban J connectivity index is 1.54. The Morgan fingerprint density at radius 3 is 2.23 bits per heavy atom. The number of hydrogen-bond donors (Lipinski definition) is 1. The summed E-state index contributed by atoms with van der Waals surface area (Å²) in [6.07, 6.45) is 0. The van der Waals surface area contributed by atoms with E-state index in [0.717, 1.165) is 0 Å². The van der Waals surface area contributed by atoms with Crippen molar-refractivity contribution in [3.63, 3.8) is 0 Å². The number of para-hydroxylation sites is 1. The molecule has 0 saturated heterocycles. The van der Waals surface area contributed by atoms with Gasteiger partial charge >= 0.3 is 0 Å². The molecule has 0 bridgehead atoms. The van der Waals surface area contributed by atoms with Gasteiger partial charge in [0.05, 0.1) is 5.52 Å². The molecule has 0 fully saturated rings. The maximum atomic E-state index is 12.6. The summed E-state index contributed by atoms with van der Waals surface area (Å²) in [4.78, 5) is 24.8. The number of nitrogens with one attached hydrogen (secondary N) is 1. The van der Waals surface area contributed by atoms with Crippen LogP contribution in [0.5, 0.6) is 0 Å². The maximum Gasteiger partial charge on any atom is 0.280 e. The minimum atomic E-state index is -0.278. The second-order valence-electron chi connectivity index (χ2n) is 5.69. The third-order valence-electron chi connectivity index (χ3n) is 3.97. The third kappa shape index (κ3) is 2.95. The predicted octanol–water partition coefficient (Wildman–Crippen LogP) is 3.37. The van der Waals surface area contributed by atoms with Crippen LogP contribution in [0.4, 0.5) is 5.69 Å². The van der Waals surface area contributed by atoms with Crippen LogP contribution in [0.25, 0.3) is 11.0 Å². The Morgan fingerprint density at radius 2 is 1.46 bits per heavy atom. The highest BCUT2D eigenvalue weighted by Gasteiger charge is 2.14. The van der Waals surface area contributed by atoms with Gasteiger partial charge in [0.1, 0.15) is 5.52 Å². The van der Waals surface area contributed by atoms with Gasteiger partial charge < -0.3 is 5.32 Å². The number of fused-ring (bicyclic) bond motifs is 1. The van der Waals surface area contributed by atoms with Gasteiger partial charge in [-0.1, -0.05) is 35.5 Å². The van der Waals surface area contributed by atoms with Crippen molar-refractivity contribution in [2.24, 2.45) is 0 Å². The molecule has 0 atom stereocenters. The van der Waals surface area contributed by atoms with E-state index in [9.17, 15) is 9.59 Å². The van der Waals surface area contributed by atoms with E-state index in [4.69, 9.17) is 0 Å². The van der Waals surface area contributed by atoms with E-state index >= 15 is 0 Å². The van der Waals surface area contributed by atoms with Gasteiger partial charge in [-0.15, -0.1) is 5.10 Å². The zero-order valence-corrected chi connectivity index (χ0v) is 13.7. The molecule has 26 heavy (non-hydrogen) atoms. The first-order valence-corrected chi connectivity index (χ1v) is 8.04. The highest BCUT2D eigenvalue weighted by molar-refractivity contribution is 6.05. The normalized spacial score (nSPS) is 10.6. The average Bonchev–Trinajstić information content (AvgIpc) is 3.13. The highest BCUT2D eigenvalue weighted by atomic mass is 16.2. The van der Waals surface area contributed by atoms with E-state index in [0.29, 0.717) is 27.8 Å². The SMILES string of the molecule is O=C(Nc1ccc(C(=O)n2nnc3ccccc32)cc1)c1ccccc1. The topological polar surface area (TPSA) is 76.9 Å². The Kier molecular flexibility index (Phi) is 3.99. The van der Waals surface area contributed by atoms with E-state index in [1.165, 1.54) is 4.68 Å². The van der Waals surface area contributed by atoms with Crippen LogP contribution in [0.1, 0.15) is 20.7 Å². The molecule has 0 aliphatic heterocycles. The van der Waals surface area contributed by atoms with Crippen molar-refractivity contribution in [1.29, 1.82) is 0 Å². The molecule has 6 heteroatoms. The van der Waals surface area contributed by atoms with E-state index in [-0.39, 0.29) is 11.8 Å². The molecule has 0 spiro atoms. The number of carbonyl (C=O) groups excluding carboxylic acids is 2. The van der Waals surface area contributed by atoms with Crippen LogP contribution in [0.15, 0.2) is 78.9 Å². The molecule has 1 N–H and O–H groups in total. The Bertz CT molecular complexity index is 1090. The molecule has 0 radical (unpaired) electrons. The van der Waals surface area contributed by atoms with Crippen molar-refractivity contribution in [3.05, 3.63) is 90.0 Å². The molecule has 126 valence electrons. The summed E-state index contributed by atoms with van der Waals surface area (Å²) in [6, 6.07) is 22.9. The number of benzene rings is 3. The summed E-state index contributed by atoms with van der Waals surface area (Å²) < 4.78 is 1.27. The summed E-state index contributed by atoms with van der Waals surface area (Å²) in [5, 5.41) is 10.7. The van der Waals surface area contributed by atoms with Crippen LogP contribution in [0.3, 0.4) is 0 Å². The Hall–Kier alpha value is -3.80. The monoisotopic (exact) mass is 342 g/mol. The number of hydrogen-bond acceptors (Lipinski definition) is 4. The second-order valence-corrected chi connectivity index (χ2v) is 5.69. The minimum absolute atomic E-state index is 0.202. The van der Waals surface area contributed by atoms with Gasteiger partial charge in [0.2, 0.25) is 0 Å². The standard InChI is InChI=1S/C20H14N4O2/c25-19(14-6-2-1-3-7-14)21-16-12-10-15(11-13-16)20(26)24-18-9-5-4-8-17(18)22-23-24/h1-13H,(H,21,25). The smallest absolute Gasteiger partial charge is 0.280 e. The molecular formula is C20H14N4O2. The quantitative estimate of drug-likeness (QED) is 0.619. The van der Waals surface area contributed by atoms with Gasteiger partial charge in [0.25, 0.3) is 11.8 Å². The summed E-state index contributed by atoms with van der Waals surface area (Å²) >= 11 is 0. The fourth-order valence-corrected chi connectivity index (χ4v) is 2.63. The van der Waals surface area contributed by atoms with Crippen LogP contribution in [0.2, 0.25) is 0 Å². The van der Waals surface area contributed by atoms with Crippen LogP contribution in [0, 0.1) is 0 Å². The van der Waals surface area contributed by atoms with Gasteiger partial charge in [-0.25, -0.2) is 0 Å². The fraction of sp³-hybridized carbons (Fsp3) is 0. The largest absolute Gasteiger partial charge is 0.322 e. The first kappa shape index (κ1) is 15.7. The fourth-order valence-electron chi connectivity index (χ4n) is 2.63. The van der Waals surface area contributed by atoms with Crippen molar-refractivity contribution in [2.45, 2.75) is 0 Å². The first-order valence-electron chi connectivity index (χ1n) is 8.04. The molecule has 3 aromatic carbocycles. The van der Waals surface area contributed by atoms with Crippen molar-refractivity contribution >= 4 is 28.5 Å². The number of amides is 1. The van der Waals surface area contributed by atoms with Gasteiger partial charge in [-0.3, -0.25) is 9.59 Å². The van der Waals surface area contributed by atoms with Crippen LogP contribution in [-0.4, -0.2) is 26.8 Å². The first-order chi connectivity index (χ1) is 12.7. The molecule has 1 aromatic heterocycles. The summed E-state index contributed by atoms with van der Waals surface area (Å²) in [5.74, 6) is -0.480. The van der Waals surface area contributed by atoms with E-state index < -0.39 is 0 Å². The molecule has 0 aliphatic rings. The average molecular weight is 342 g/mol. The summed E-state index contributed by atoms with van der Waals surface area (Å²) in [5.41, 5.74) is 2.95. The number of anilines is 1. The molecule has 1 heterocycles.